The molecular formula is C24H41NO2. The standard InChI is InChI=1S/C24H41NO2/c1-7-25(17-18-26)24(27)19-23(6)16-10-15-22(5)14-9-13-21(4)12-8-11-20(2)3/h11,13,15,19,26H,7-10,12,14,16-18H2,1-6H3. The summed E-state index contributed by atoms with van der Waals surface area (Å²) in [5.41, 5.74) is 5.37. The van der Waals surface area contributed by atoms with E-state index in [4.69, 9.17) is 5.11 Å². The van der Waals surface area contributed by atoms with Gasteiger partial charge >= 0.3 is 0 Å². The van der Waals surface area contributed by atoms with E-state index in [2.05, 4.69) is 45.9 Å². The lowest BCUT2D eigenvalue weighted by atomic mass is 10.0. The quantitative estimate of drug-likeness (QED) is 0.318. The maximum Gasteiger partial charge on any atom is 0.246 e. The minimum Gasteiger partial charge on any atom is -0.395 e. The number of aliphatic hydroxyl groups is 1. The minimum atomic E-state index is -0.00141. The van der Waals surface area contributed by atoms with Gasteiger partial charge in [0.15, 0.2) is 0 Å². The van der Waals surface area contributed by atoms with Gasteiger partial charge in [-0.3, -0.25) is 4.79 Å². The number of carbonyl (C=O) groups excluding carboxylic acids is 1. The highest BCUT2D eigenvalue weighted by Gasteiger charge is 2.07. The van der Waals surface area contributed by atoms with Crippen molar-refractivity contribution in [2.45, 2.75) is 80.1 Å². The van der Waals surface area contributed by atoms with Crippen molar-refractivity contribution >= 4 is 5.91 Å². The van der Waals surface area contributed by atoms with Gasteiger partial charge in [0.1, 0.15) is 0 Å². The first-order chi connectivity index (χ1) is 12.8. The first-order valence-electron chi connectivity index (χ1n) is 10.3. The molecule has 0 rings (SSSR count). The lowest BCUT2D eigenvalue weighted by Gasteiger charge is -2.17. The van der Waals surface area contributed by atoms with Crippen LogP contribution in [0.3, 0.4) is 0 Å². The number of likely N-dealkylation sites (N-methyl/N-ethyl adjacent to an activating group) is 1. The Morgan fingerprint density at radius 3 is 1.74 bits per heavy atom. The summed E-state index contributed by atoms with van der Waals surface area (Å²) in [7, 11) is 0. The van der Waals surface area contributed by atoms with Crippen LogP contribution in [0.2, 0.25) is 0 Å². The van der Waals surface area contributed by atoms with Crippen molar-refractivity contribution in [2.24, 2.45) is 0 Å². The normalized spacial score (nSPS) is 12.9. The van der Waals surface area contributed by atoms with Crippen molar-refractivity contribution in [1.82, 2.24) is 4.90 Å². The maximum atomic E-state index is 12.1. The number of hydrogen-bond acceptors (Lipinski definition) is 2. The molecule has 3 heteroatoms. The summed E-state index contributed by atoms with van der Waals surface area (Å²) in [6, 6.07) is 0. The van der Waals surface area contributed by atoms with Crippen LogP contribution in [0.25, 0.3) is 0 Å². The van der Waals surface area contributed by atoms with Crippen LogP contribution >= 0.6 is 0 Å². The number of carbonyl (C=O) groups is 1. The largest absolute Gasteiger partial charge is 0.395 e. The molecule has 0 unspecified atom stereocenters. The Morgan fingerprint density at radius 1 is 0.815 bits per heavy atom. The maximum absolute atomic E-state index is 12.1. The highest BCUT2D eigenvalue weighted by molar-refractivity contribution is 5.88. The summed E-state index contributed by atoms with van der Waals surface area (Å²) in [5, 5.41) is 8.99. The Balaban J connectivity index is 4.25. The van der Waals surface area contributed by atoms with E-state index >= 15 is 0 Å². The zero-order valence-electron chi connectivity index (χ0n) is 18.5. The van der Waals surface area contributed by atoms with Crippen LogP contribution in [-0.4, -0.2) is 35.6 Å². The third kappa shape index (κ3) is 14.2. The molecule has 0 spiro atoms. The number of allylic oxidation sites excluding steroid dienone is 7. The lowest BCUT2D eigenvalue weighted by Crippen LogP contribution is -2.32. The molecule has 27 heavy (non-hydrogen) atoms. The molecule has 0 atom stereocenters. The van der Waals surface area contributed by atoms with Gasteiger partial charge in [-0.15, -0.1) is 0 Å². The van der Waals surface area contributed by atoms with Gasteiger partial charge in [0, 0.05) is 19.2 Å². The Kier molecular flexibility index (Phi) is 14.5. The van der Waals surface area contributed by atoms with E-state index in [1.807, 2.05) is 13.8 Å². The fourth-order valence-electron chi connectivity index (χ4n) is 2.80. The Labute approximate surface area is 167 Å². The fourth-order valence-corrected chi connectivity index (χ4v) is 2.80. The van der Waals surface area contributed by atoms with Crippen LogP contribution in [0.5, 0.6) is 0 Å². The van der Waals surface area contributed by atoms with Crippen LogP contribution < -0.4 is 0 Å². The van der Waals surface area contributed by atoms with Gasteiger partial charge in [-0.1, -0.05) is 40.5 Å². The molecule has 3 nitrogen and oxygen atoms in total. The smallest absolute Gasteiger partial charge is 0.246 e. The van der Waals surface area contributed by atoms with E-state index in [0.29, 0.717) is 13.1 Å². The molecule has 0 saturated heterocycles. The second-order valence-corrected chi connectivity index (χ2v) is 7.63. The van der Waals surface area contributed by atoms with E-state index in [0.717, 1.165) is 44.1 Å². The van der Waals surface area contributed by atoms with Gasteiger partial charge in [0.25, 0.3) is 0 Å². The van der Waals surface area contributed by atoms with E-state index in [1.54, 1.807) is 11.0 Å². The highest BCUT2D eigenvalue weighted by atomic mass is 16.3. The van der Waals surface area contributed by atoms with E-state index in [-0.39, 0.29) is 12.5 Å². The molecule has 1 amide bonds. The lowest BCUT2D eigenvalue weighted by molar-refractivity contribution is -0.126. The zero-order chi connectivity index (χ0) is 20.7. The average Bonchev–Trinajstić information content (AvgIpc) is 2.59. The van der Waals surface area contributed by atoms with Crippen LogP contribution in [0.15, 0.2) is 46.6 Å². The summed E-state index contributed by atoms with van der Waals surface area (Å²) in [6.07, 6.45) is 15.0. The number of amides is 1. The SMILES string of the molecule is CCN(CCO)C(=O)C=C(C)CCC=C(C)CCC=C(C)CCC=C(C)C. The Hall–Kier alpha value is -1.61. The second kappa shape index (κ2) is 15.4. The van der Waals surface area contributed by atoms with Crippen LogP contribution in [0.4, 0.5) is 0 Å². The van der Waals surface area contributed by atoms with Gasteiger partial charge in [-0.2, -0.15) is 0 Å². The van der Waals surface area contributed by atoms with Crippen molar-refractivity contribution in [3.8, 4) is 0 Å². The predicted octanol–water partition coefficient (Wildman–Crippen LogP) is 5.97. The first-order valence-corrected chi connectivity index (χ1v) is 10.3. The van der Waals surface area contributed by atoms with Gasteiger partial charge in [0.2, 0.25) is 5.91 Å². The molecule has 0 aliphatic carbocycles. The highest BCUT2D eigenvalue weighted by Crippen LogP contribution is 2.13. The predicted molar refractivity (Wildman–Crippen MR) is 118 cm³/mol. The van der Waals surface area contributed by atoms with Crippen LogP contribution in [-0.2, 0) is 4.79 Å². The van der Waals surface area contributed by atoms with Crippen LogP contribution in [0, 0.1) is 0 Å². The summed E-state index contributed by atoms with van der Waals surface area (Å²) >= 11 is 0. The Bertz CT molecular complexity index is 549. The summed E-state index contributed by atoms with van der Waals surface area (Å²) < 4.78 is 0. The third-order valence-corrected chi connectivity index (χ3v) is 4.59. The van der Waals surface area contributed by atoms with Crippen molar-refractivity contribution in [2.75, 3.05) is 19.7 Å². The Morgan fingerprint density at radius 2 is 1.30 bits per heavy atom. The molecule has 0 aromatic rings. The molecule has 1 N–H and O–H groups in total. The summed E-state index contributed by atoms with van der Waals surface area (Å²) in [5.74, 6) is -0.00141. The zero-order valence-corrected chi connectivity index (χ0v) is 18.5. The second-order valence-electron chi connectivity index (χ2n) is 7.63. The van der Waals surface area contributed by atoms with Gasteiger partial charge in [-0.05, 0) is 80.1 Å². The molecule has 0 radical (unpaired) electrons. The first kappa shape index (κ1) is 25.4. The van der Waals surface area contributed by atoms with Gasteiger partial charge in [0.05, 0.1) is 6.61 Å². The number of rotatable bonds is 13. The van der Waals surface area contributed by atoms with Crippen molar-refractivity contribution < 1.29 is 9.90 Å². The molecule has 0 aliphatic heterocycles. The van der Waals surface area contributed by atoms with Crippen molar-refractivity contribution in [3.05, 3.63) is 46.6 Å². The topological polar surface area (TPSA) is 40.5 Å². The molecular weight excluding hydrogens is 334 g/mol. The minimum absolute atomic E-state index is 0.00141. The summed E-state index contributed by atoms with van der Waals surface area (Å²) in [6.45, 7) is 13.7. The van der Waals surface area contributed by atoms with E-state index in [1.165, 1.54) is 16.7 Å². The molecule has 0 saturated carbocycles. The third-order valence-electron chi connectivity index (χ3n) is 4.59. The molecule has 0 aromatic heterocycles. The van der Waals surface area contributed by atoms with E-state index < -0.39 is 0 Å². The molecule has 154 valence electrons. The molecule has 0 heterocycles. The molecule has 0 aromatic carbocycles. The van der Waals surface area contributed by atoms with Crippen molar-refractivity contribution in [3.63, 3.8) is 0 Å². The molecule has 0 bridgehead atoms. The average molecular weight is 376 g/mol. The summed E-state index contributed by atoms with van der Waals surface area (Å²) in [4.78, 5) is 13.8. The van der Waals surface area contributed by atoms with Gasteiger partial charge < -0.3 is 10.0 Å². The monoisotopic (exact) mass is 375 g/mol. The van der Waals surface area contributed by atoms with E-state index in [9.17, 15) is 4.79 Å². The fraction of sp³-hybridized carbons (Fsp3) is 0.625. The van der Waals surface area contributed by atoms with Gasteiger partial charge in [-0.25, -0.2) is 0 Å². The van der Waals surface area contributed by atoms with Crippen molar-refractivity contribution in [1.29, 1.82) is 0 Å². The number of hydrogen-bond donors (Lipinski definition) is 1. The molecule has 0 aliphatic rings. The number of nitrogens with zero attached hydrogens (tertiary/aromatic N) is 1. The van der Waals surface area contributed by atoms with Crippen LogP contribution in [0.1, 0.15) is 80.1 Å². The molecule has 0 fully saturated rings. The number of aliphatic hydroxyl groups excluding tert-OH is 1.